The fourth-order valence-corrected chi connectivity index (χ4v) is 5.63. The molecule has 0 saturated carbocycles. The Morgan fingerprint density at radius 2 is 1.97 bits per heavy atom. The van der Waals surface area contributed by atoms with Gasteiger partial charge in [0.2, 0.25) is 5.91 Å². The van der Waals surface area contributed by atoms with Crippen molar-refractivity contribution in [1.29, 1.82) is 0 Å². The number of fused-ring (bicyclic) bond motifs is 1. The fourth-order valence-electron chi connectivity index (χ4n) is 4.31. The lowest BCUT2D eigenvalue weighted by molar-refractivity contribution is -0.116. The van der Waals surface area contributed by atoms with Gasteiger partial charge in [-0.25, -0.2) is 26.6 Å². The molecule has 2 atom stereocenters. The number of rotatable bonds is 9. The van der Waals surface area contributed by atoms with E-state index < -0.39 is 34.2 Å². The Hall–Kier alpha value is -3.71. The minimum Gasteiger partial charge on any atom is -0.465 e. The summed E-state index contributed by atoms with van der Waals surface area (Å²) >= 11 is 0. The Balaban J connectivity index is 1.70. The Morgan fingerprint density at radius 1 is 1.22 bits per heavy atom. The summed E-state index contributed by atoms with van der Waals surface area (Å²) < 4.78 is 42.7. The first kappa shape index (κ1) is 26.4. The second-order valence-electron chi connectivity index (χ2n) is 8.69. The van der Waals surface area contributed by atoms with E-state index in [1.54, 1.807) is 24.3 Å². The summed E-state index contributed by atoms with van der Waals surface area (Å²) in [6, 6.07) is 8.91. The minimum absolute atomic E-state index is 0.0860. The summed E-state index contributed by atoms with van der Waals surface area (Å²) in [6.45, 7) is 3.56. The normalized spacial score (nSPS) is 18.4. The van der Waals surface area contributed by atoms with Crippen molar-refractivity contribution in [2.45, 2.75) is 36.9 Å². The van der Waals surface area contributed by atoms with Crippen molar-refractivity contribution in [3.63, 3.8) is 0 Å². The van der Waals surface area contributed by atoms with E-state index in [-0.39, 0.29) is 35.7 Å². The van der Waals surface area contributed by atoms with E-state index in [0.717, 1.165) is 10.5 Å². The molecule has 1 aromatic carbocycles. The predicted molar refractivity (Wildman–Crippen MR) is 137 cm³/mol. The van der Waals surface area contributed by atoms with Crippen molar-refractivity contribution in [1.82, 2.24) is 19.2 Å². The van der Waals surface area contributed by atoms with Gasteiger partial charge in [-0.05, 0) is 31.2 Å². The number of carboxylic acid groups (broad SMARTS) is 1. The molecule has 0 radical (unpaired) electrons. The van der Waals surface area contributed by atoms with Gasteiger partial charge in [-0.15, -0.1) is 0 Å². The molecule has 13 heteroatoms. The highest BCUT2D eigenvalue weighted by Gasteiger charge is 2.30. The second kappa shape index (κ2) is 11.1. The van der Waals surface area contributed by atoms with Crippen LogP contribution in [0.1, 0.15) is 19.8 Å². The summed E-state index contributed by atoms with van der Waals surface area (Å²) in [4.78, 5) is 29.6. The number of carbonyl (C=O) groups is 2. The van der Waals surface area contributed by atoms with Crippen molar-refractivity contribution >= 4 is 44.4 Å². The molecule has 4 N–H and O–H groups in total. The number of amides is 2. The zero-order valence-electron chi connectivity index (χ0n) is 20.2. The summed E-state index contributed by atoms with van der Waals surface area (Å²) in [5.41, 5.74) is 0.718. The van der Waals surface area contributed by atoms with Crippen molar-refractivity contribution in [3.8, 4) is 0 Å². The number of nitrogens with zero attached hydrogens (tertiary/aromatic N) is 3. The van der Waals surface area contributed by atoms with E-state index in [2.05, 4.69) is 20.9 Å². The van der Waals surface area contributed by atoms with Crippen LogP contribution >= 0.6 is 0 Å². The van der Waals surface area contributed by atoms with Crippen molar-refractivity contribution in [3.05, 3.63) is 48.8 Å². The maximum absolute atomic E-state index is 15.1. The van der Waals surface area contributed by atoms with Gasteiger partial charge in [0.1, 0.15) is 6.17 Å². The predicted octanol–water partition coefficient (Wildman–Crippen LogP) is 2.71. The van der Waals surface area contributed by atoms with Gasteiger partial charge >= 0.3 is 6.09 Å². The van der Waals surface area contributed by atoms with E-state index in [0.29, 0.717) is 24.0 Å². The van der Waals surface area contributed by atoms with Gasteiger partial charge in [0.15, 0.2) is 5.65 Å². The average Bonchev–Trinajstić information content (AvgIpc) is 3.32. The number of pyridine rings is 1. The Morgan fingerprint density at radius 3 is 2.65 bits per heavy atom. The van der Waals surface area contributed by atoms with Crippen LogP contribution in [0, 0.1) is 0 Å². The highest BCUT2D eigenvalue weighted by atomic mass is 32.2. The van der Waals surface area contributed by atoms with Gasteiger partial charge in [-0.1, -0.05) is 25.1 Å². The summed E-state index contributed by atoms with van der Waals surface area (Å²) in [5.74, 6) is -0.480. The summed E-state index contributed by atoms with van der Waals surface area (Å²) in [5, 5.41) is 17.1. The van der Waals surface area contributed by atoms with Gasteiger partial charge < -0.3 is 26.0 Å². The molecule has 0 aliphatic carbocycles. The Bertz CT molecular complexity index is 1380. The zero-order valence-corrected chi connectivity index (χ0v) is 21.0. The summed E-state index contributed by atoms with van der Waals surface area (Å²) in [6.07, 6.45) is 0.645. The quantitative estimate of drug-likeness (QED) is 0.329. The molecule has 1 fully saturated rings. The topological polar surface area (TPSA) is 146 Å². The zero-order chi connectivity index (χ0) is 26.6. The van der Waals surface area contributed by atoms with Gasteiger partial charge in [-0.3, -0.25) is 4.79 Å². The van der Waals surface area contributed by atoms with Crippen LogP contribution < -0.4 is 16.0 Å². The first-order valence-corrected chi connectivity index (χ1v) is 13.3. The van der Waals surface area contributed by atoms with Crippen molar-refractivity contribution < 1.29 is 27.5 Å². The van der Waals surface area contributed by atoms with Crippen LogP contribution in [0.3, 0.4) is 0 Å². The first-order chi connectivity index (χ1) is 17.7. The number of halogens is 1. The van der Waals surface area contributed by atoms with Crippen molar-refractivity contribution in [2.24, 2.45) is 0 Å². The molecule has 11 nitrogen and oxygen atoms in total. The maximum atomic E-state index is 15.1. The van der Waals surface area contributed by atoms with Crippen LogP contribution in [-0.4, -0.2) is 77.8 Å². The fraction of sp³-hybridized carbons (Fsp3) is 0.375. The van der Waals surface area contributed by atoms with E-state index in [9.17, 15) is 18.0 Å². The second-order valence-corrected chi connectivity index (χ2v) is 10.5. The smallest absolute Gasteiger partial charge is 0.404 e. The molecule has 37 heavy (non-hydrogen) atoms. The summed E-state index contributed by atoms with van der Waals surface area (Å²) in [7, 11) is -3.96. The van der Waals surface area contributed by atoms with Gasteiger partial charge in [0.25, 0.3) is 10.0 Å². The first-order valence-electron chi connectivity index (χ1n) is 11.9. The average molecular weight is 533 g/mol. The number of benzene rings is 1. The molecule has 0 unspecified atom stereocenters. The molecule has 1 saturated heterocycles. The number of likely N-dealkylation sites (tertiary alicyclic amines) is 1. The number of aromatic nitrogens is 2. The lowest BCUT2D eigenvalue weighted by atomic mass is 10.0. The lowest BCUT2D eigenvalue weighted by Gasteiger charge is -2.35. The van der Waals surface area contributed by atoms with Crippen molar-refractivity contribution in [2.75, 3.05) is 36.8 Å². The number of hydrogen-bond donors (Lipinski definition) is 4. The van der Waals surface area contributed by atoms with Gasteiger partial charge in [-0.2, -0.15) is 0 Å². The molecule has 4 rings (SSSR count). The molecule has 1 aliphatic rings. The highest BCUT2D eigenvalue weighted by Crippen LogP contribution is 2.34. The number of anilines is 2. The molecule has 0 bridgehead atoms. The highest BCUT2D eigenvalue weighted by molar-refractivity contribution is 7.90. The third-order valence-corrected chi connectivity index (χ3v) is 7.97. The van der Waals surface area contributed by atoms with E-state index in [1.165, 1.54) is 24.5 Å². The standard InChI is InChI=1S/C24H29FN6O5S/c1-2-30-12-10-19(18(25)15-30)29-22-17-9-13-31(37(35,36)16-6-4-3-5-7-16)23(17)27-14-20(22)28-21(32)8-11-26-24(33)34/h3-7,9,13-14,18-19,26H,2,8,10-12,15H2,1H3,(H,27,29)(H,28,32)(H,33,34)/t18-,19+/m0/s1. The van der Waals surface area contributed by atoms with E-state index >= 15 is 4.39 Å². The number of nitrogens with one attached hydrogen (secondary N) is 3. The van der Waals surface area contributed by atoms with Crippen LogP contribution in [-0.2, 0) is 14.8 Å². The molecule has 0 spiro atoms. The van der Waals surface area contributed by atoms with E-state index in [1.807, 2.05) is 11.8 Å². The van der Waals surface area contributed by atoms with E-state index in [4.69, 9.17) is 5.11 Å². The van der Waals surface area contributed by atoms with Gasteiger partial charge in [0.05, 0.1) is 28.5 Å². The largest absolute Gasteiger partial charge is 0.465 e. The van der Waals surface area contributed by atoms with Gasteiger partial charge in [0, 0.05) is 37.6 Å². The molecule has 2 aromatic heterocycles. The van der Waals surface area contributed by atoms with Crippen LogP contribution in [0.15, 0.2) is 53.7 Å². The molecule has 2 amide bonds. The molecule has 3 aromatic rings. The molecule has 1 aliphatic heterocycles. The van der Waals surface area contributed by atoms with Crippen LogP contribution in [0.2, 0.25) is 0 Å². The minimum atomic E-state index is -3.96. The number of hydrogen-bond acceptors (Lipinski definition) is 7. The van der Waals surface area contributed by atoms with Crippen LogP contribution in [0.4, 0.5) is 20.6 Å². The Kier molecular flexibility index (Phi) is 7.93. The number of carbonyl (C=O) groups excluding carboxylic acids is 1. The maximum Gasteiger partial charge on any atom is 0.404 e. The monoisotopic (exact) mass is 532 g/mol. The number of piperidine rings is 1. The molecular formula is C24H29FN6O5S. The molecule has 3 heterocycles. The van der Waals surface area contributed by atoms with Crippen LogP contribution in [0.25, 0.3) is 11.0 Å². The Labute approximate surface area is 213 Å². The lowest BCUT2D eigenvalue weighted by Crippen LogP contribution is -2.47. The van der Waals surface area contributed by atoms with Crippen LogP contribution in [0.5, 0.6) is 0 Å². The third kappa shape index (κ3) is 5.83. The number of alkyl halides is 1. The molecular weight excluding hydrogens is 503 g/mol. The molecule has 198 valence electrons. The third-order valence-electron chi connectivity index (χ3n) is 6.29. The SMILES string of the molecule is CCN1CC[C@@H](Nc2c(NC(=O)CCNC(=O)O)cnc3c2ccn3S(=O)(=O)c2ccccc2)[C@@H](F)C1.